The van der Waals surface area contributed by atoms with Gasteiger partial charge in [0.05, 0.1) is 6.61 Å². The first kappa shape index (κ1) is 13.5. The molecule has 2 rings (SSSR count). The van der Waals surface area contributed by atoms with E-state index in [2.05, 4.69) is 4.90 Å². The minimum absolute atomic E-state index is 0.112. The van der Waals surface area contributed by atoms with E-state index >= 15 is 0 Å². The lowest BCUT2D eigenvalue weighted by molar-refractivity contribution is 0.0945. The summed E-state index contributed by atoms with van der Waals surface area (Å²) < 4.78 is 0. The smallest absolute Gasteiger partial charge is 0.164 e. The summed E-state index contributed by atoms with van der Waals surface area (Å²) >= 11 is 5.87. The van der Waals surface area contributed by atoms with E-state index in [0.717, 1.165) is 25.9 Å². The third kappa shape index (κ3) is 3.31. The number of carbonyl (C=O) groups is 1. The van der Waals surface area contributed by atoms with Crippen LogP contribution in [0.2, 0.25) is 5.02 Å². The number of Topliss-reactive ketones (excluding diaryl/α,β-unsaturated/α-hetero) is 1. The fraction of sp³-hybridized carbons (Fsp3) is 0.500. The van der Waals surface area contributed by atoms with E-state index in [1.807, 2.05) is 0 Å². The van der Waals surface area contributed by atoms with Crippen molar-refractivity contribution in [1.29, 1.82) is 0 Å². The zero-order valence-corrected chi connectivity index (χ0v) is 11.1. The van der Waals surface area contributed by atoms with Gasteiger partial charge < -0.3 is 5.11 Å². The van der Waals surface area contributed by atoms with Gasteiger partial charge in [0.1, 0.15) is 0 Å². The van der Waals surface area contributed by atoms with Gasteiger partial charge in [0, 0.05) is 29.6 Å². The average Bonchev–Trinajstić information content (AvgIpc) is 2.83. The standard InChI is InChI=1S/C14H18ClNO2/c15-12-4-1-3-11(9-12)14(18)6-8-16-7-2-5-13(16)10-17/h1,3-4,9,13,17H,2,5-8,10H2. The monoisotopic (exact) mass is 267 g/mol. The van der Waals surface area contributed by atoms with Crippen LogP contribution in [0.15, 0.2) is 24.3 Å². The molecule has 1 heterocycles. The van der Waals surface area contributed by atoms with Crippen molar-refractivity contribution in [3.63, 3.8) is 0 Å². The molecule has 1 atom stereocenters. The maximum atomic E-state index is 12.0. The van der Waals surface area contributed by atoms with Crippen LogP contribution >= 0.6 is 11.6 Å². The van der Waals surface area contributed by atoms with Crippen LogP contribution in [0.3, 0.4) is 0 Å². The van der Waals surface area contributed by atoms with E-state index in [9.17, 15) is 9.90 Å². The van der Waals surface area contributed by atoms with Gasteiger partial charge in [-0.2, -0.15) is 0 Å². The van der Waals surface area contributed by atoms with Gasteiger partial charge in [0.25, 0.3) is 0 Å². The Morgan fingerprint density at radius 1 is 1.50 bits per heavy atom. The Kier molecular flexibility index (Phi) is 4.75. The van der Waals surface area contributed by atoms with Crippen molar-refractivity contribution in [2.75, 3.05) is 19.7 Å². The second kappa shape index (κ2) is 6.32. The Labute approximate surface area is 112 Å². The summed E-state index contributed by atoms with van der Waals surface area (Å²) in [6, 6.07) is 7.29. The lowest BCUT2D eigenvalue weighted by atomic mass is 10.1. The van der Waals surface area contributed by atoms with Gasteiger partial charge in [-0.05, 0) is 31.5 Å². The molecule has 0 aliphatic carbocycles. The summed E-state index contributed by atoms with van der Waals surface area (Å²) in [7, 11) is 0. The molecular formula is C14H18ClNO2. The topological polar surface area (TPSA) is 40.5 Å². The number of likely N-dealkylation sites (tertiary alicyclic amines) is 1. The van der Waals surface area contributed by atoms with Gasteiger partial charge in [-0.1, -0.05) is 23.7 Å². The average molecular weight is 268 g/mol. The summed E-state index contributed by atoms with van der Waals surface area (Å²) in [5.74, 6) is 0.112. The van der Waals surface area contributed by atoms with E-state index in [1.165, 1.54) is 0 Å². The Morgan fingerprint density at radius 2 is 2.33 bits per heavy atom. The zero-order chi connectivity index (χ0) is 13.0. The Hall–Kier alpha value is -0.900. The molecule has 4 heteroatoms. The van der Waals surface area contributed by atoms with Gasteiger partial charge in [-0.25, -0.2) is 0 Å². The molecular weight excluding hydrogens is 250 g/mol. The second-order valence-corrected chi connectivity index (χ2v) is 5.13. The molecule has 0 amide bonds. The molecule has 1 saturated heterocycles. The molecule has 98 valence electrons. The van der Waals surface area contributed by atoms with Crippen LogP contribution in [0.25, 0.3) is 0 Å². The quantitative estimate of drug-likeness (QED) is 0.833. The molecule has 3 nitrogen and oxygen atoms in total. The number of ketones is 1. The van der Waals surface area contributed by atoms with Crippen LogP contribution in [0.1, 0.15) is 29.6 Å². The number of aliphatic hydroxyl groups excluding tert-OH is 1. The first-order valence-corrected chi connectivity index (χ1v) is 6.72. The molecule has 1 aromatic carbocycles. The predicted octanol–water partition coefficient (Wildman–Crippen LogP) is 2.37. The number of carbonyl (C=O) groups excluding carboxylic acids is 1. The molecule has 0 aromatic heterocycles. The third-order valence-corrected chi connectivity index (χ3v) is 3.72. The molecule has 0 spiro atoms. The number of hydrogen-bond donors (Lipinski definition) is 1. The number of rotatable bonds is 5. The Morgan fingerprint density at radius 3 is 3.06 bits per heavy atom. The highest BCUT2D eigenvalue weighted by Crippen LogP contribution is 2.18. The van der Waals surface area contributed by atoms with Crippen molar-refractivity contribution in [2.45, 2.75) is 25.3 Å². The summed E-state index contributed by atoms with van der Waals surface area (Å²) in [5.41, 5.74) is 0.669. The minimum Gasteiger partial charge on any atom is -0.395 e. The molecule has 1 unspecified atom stereocenters. The fourth-order valence-corrected chi connectivity index (χ4v) is 2.64. The van der Waals surface area contributed by atoms with Crippen LogP contribution in [-0.4, -0.2) is 41.5 Å². The summed E-state index contributed by atoms with van der Waals surface area (Å²) in [4.78, 5) is 14.2. The molecule has 0 saturated carbocycles. The van der Waals surface area contributed by atoms with Gasteiger partial charge in [-0.3, -0.25) is 9.69 Å². The first-order chi connectivity index (χ1) is 8.70. The minimum atomic E-state index is 0.112. The SMILES string of the molecule is O=C(CCN1CCCC1CO)c1cccc(Cl)c1. The second-order valence-electron chi connectivity index (χ2n) is 4.70. The maximum Gasteiger partial charge on any atom is 0.164 e. The van der Waals surface area contributed by atoms with Gasteiger partial charge in [-0.15, -0.1) is 0 Å². The molecule has 1 N–H and O–H groups in total. The fourth-order valence-electron chi connectivity index (χ4n) is 2.45. The van der Waals surface area contributed by atoms with Crippen LogP contribution in [0.5, 0.6) is 0 Å². The lowest BCUT2D eigenvalue weighted by Crippen LogP contribution is -2.33. The zero-order valence-electron chi connectivity index (χ0n) is 10.3. The normalized spacial score (nSPS) is 20.2. The Bertz CT molecular complexity index is 422. The number of benzene rings is 1. The van der Waals surface area contributed by atoms with E-state index in [-0.39, 0.29) is 18.4 Å². The molecule has 1 aliphatic rings. The largest absolute Gasteiger partial charge is 0.395 e. The third-order valence-electron chi connectivity index (χ3n) is 3.48. The lowest BCUT2D eigenvalue weighted by Gasteiger charge is -2.21. The Balaban J connectivity index is 1.88. The summed E-state index contributed by atoms with van der Waals surface area (Å²) in [6.07, 6.45) is 2.62. The van der Waals surface area contributed by atoms with Crippen molar-refractivity contribution >= 4 is 17.4 Å². The van der Waals surface area contributed by atoms with E-state index < -0.39 is 0 Å². The molecule has 1 fully saturated rings. The highest BCUT2D eigenvalue weighted by atomic mass is 35.5. The predicted molar refractivity (Wildman–Crippen MR) is 72.1 cm³/mol. The summed E-state index contributed by atoms with van der Waals surface area (Å²) in [5, 5.41) is 9.80. The van der Waals surface area contributed by atoms with Crippen molar-refractivity contribution in [2.24, 2.45) is 0 Å². The molecule has 0 bridgehead atoms. The van der Waals surface area contributed by atoms with Crippen molar-refractivity contribution < 1.29 is 9.90 Å². The molecule has 18 heavy (non-hydrogen) atoms. The van der Waals surface area contributed by atoms with Crippen molar-refractivity contribution in [3.05, 3.63) is 34.9 Å². The highest BCUT2D eigenvalue weighted by molar-refractivity contribution is 6.31. The van der Waals surface area contributed by atoms with Gasteiger partial charge >= 0.3 is 0 Å². The first-order valence-electron chi connectivity index (χ1n) is 6.34. The van der Waals surface area contributed by atoms with Gasteiger partial charge in [0.15, 0.2) is 5.78 Å². The van der Waals surface area contributed by atoms with Crippen molar-refractivity contribution in [3.8, 4) is 0 Å². The van der Waals surface area contributed by atoms with E-state index in [1.54, 1.807) is 24.3 Å². The van der Waals surface area contributed by atoms with E-state index in [0.29, 0.717) is 17.0 Å². The molecule has 1 aromatic rings. The number of aliphatic hydroxyl groups is 1. The van der Waals surface area contributed by atoms with Crippen LogP contribution in [0.4, 0.5) is 0 Å². The van der Waals surface area contributed by atoms with E-state index in [4.69, 9.17) is 11.6 Å². The van der Waals surface area contributed by atoms with Crippen LogP contribution in [0, 0.1) is 0 Å². The number of nitrogens with zero attached hydrogens (tertiary/aromatic N) is 1. The number of hydrogen-bond acceptors (Lipinski definition) is 3. The highest BCUT2D eigenvalue weighted by Gasteiger charge is 2.23. The molecule has 1 aliphatic heterocycles. The maximum absolute atomic E-state index is 12.0. The van der Waals surface area contributed by atoms with Crippen LogP contribution < -0.4 is 0 Å². The summed E-state index contributed by atoms with van der Waals surface area (Å²) in [6.45, 7) is 1.88. The van der Waals surface area contributed by atoms with Crippen LogP contribution in [-0.2, 0) is 0 Å². The number of halogens is 1. The van der Waals surface area contributed by atoms with Crippen molar-refractivity contribution in [1.82, 2.24) is 4.90 Å². The van der Waals surface area contributed by atoms with Gasteiger partial charge in [0.2, 0.25) is 0 Å². The molecule has 0 radical (unpaired) electrons.